The van der Waals surface area contributed by atoms with E-state index >= 15 is 0 Å². The molecule has 1 N–H and O–H groups in total. The van der Waals surface area contributed by atoms with Gasteiger partial charge in [-0.15, -0.1) is 0 Å². The second-order valence-corrected chi connectivity index (χ2v) is 5.47. The molecule has 0 aromatic heterocycles. The van der Waals surface area contributed by atoms with Gasteiger partial charge >= 0.3 is 5.97 Å². The molecule has 0 heterocycles. The number of hydrogen-bond acceptors (Lipinski definition) is 3. The lowest BCUT2D eigenvalue weighted by Gasteiger charge is -2.28. The Morgan fingerprint density at radius 1 is 1.33 bits per heavy atom. The number of aliphatic carboxylic acids is 1. The molecule has 0 atom stereocenters. The first-order valence-electron chi connectivity index (χ1n) is 7.20. The molecule has 0 aliphatic heterocycles. The van der Waals surface area contributed by atoms with Crippen LogP contribution in [0.15, 0.2) is 18.2 Å². The highest BCUT2D eigenvalue weighted by atomic mass is 16.5. The Kier molecular flexibility index (Phi) is 4.83. The summed E-state index contributed by atoms with van der Waals surface area (Å²) in [5, 5.41) is 9.10. The number of nitrogens with zero attached hydrogens (tertiary/aromatic N) is 1. The fraction of sp³-hybridized carbons (Fsp3) is 0.500. The van der Waals surface area contributed by atoms with Crippen LogP contribution in [-0.4, -0.2) is 41.6 Å². The van der Waals surface area contributed by atoms with Gasteiger partial charge in [0.2, 0.25) is 0 Å². The molecular formula is C16H21NO4. The molecule has 21 heavy (non-hydrogen) atoms. The maximum absolute atomic E-state index is 12.8. The number of aryl methyl sites for hydroxylation is 1. The van der Waals surface area contributed by atoms with Crippen LogP contribution in [0, 0.1) is 6.92 Å². The van der Waals surface area contributed by atoms with Crippen molar-refractivity contribution >= 4 is 11.9 Å². The molecule has 0 radical (unpaired) electrons. The van der Waals surface area contributed by atoms with Crippen molar-refractivity contribution in [3.63, 3.8) is 0 Å². The lowest BCUT2D eigenvalue weighted by Crippen LogP contribution is -2.42. The maximum Gasteiger partial charge on any atom is 0.323 e. The minimum absolute atomic E-state index is 0.0128. The van der Waals surface area contributed by atoms with Crippen LogP contribution in [0.5, 0.6) is 5.75 Å². The quantitative estimate of drug-likeness (QED) is 0.905. The highest BCUT2D eigenvalue weighted by molar-refractivity contribution is 5.98. The molecule has 1 aromatic carbocycles. The number of carbonyl (C=O) groups is 2. The molecule has 0 saturated heterocycles. The molecule has 5 heteroatoms. The molecule has 1 saturated carbocycles. The zero-order valence-corrected chi connectivity index (χ0v) is 12.5. The van der Waals surface area contributed by atoms with Gasteiger partial charge in [-0.2, -0.15) is 0 Å². The summed E-state index contributed by atoms with van der Waals surface area (Å²) >= 11 is 0. The van der Waals surface area contributed by atoms with Crippen LogP contribution in [0.3, 0.4) is 0 Å². The van der Waals surface area contributed by atoms with Crippen LogP contribution in [0.25, 0.3) is 0 Å². The maximum atomic E-state index is 12.8. The van der Waals surface area contributed by atoms with Crippen molar-refractivity contribution in [2.75, 3.05) is 13.7 Å². The van der Waals surface area contributed by atoms with Crippen molar-refractivity contribution in [2.45, 2.75) is 38.6 Å². The average Bonchev–Trinajstić information content (AvgIpc) is 2.97. The van der Waals surface area contributed by atoms with Gasteiger partial charge in [-0.25, -0.2) is 0 Å². The molecule has 0 spiro atoms. The van der Waals surface area contributed by atoms with E-state index in [0.29, 0.717) is 11.3 Å². The Morgan fingerprint density at radius 2 is 2.00 bits per heavy atom. The summed E-state index contributed by atoms with van der Waals surface area (Å²) in [5.41, 5.74) is 1.38. The number of benzene rings is 1. The lowest BCUT2D eigenvalue weighted by molar-refractivity contribution is -0.138. The molecule has 5 nitrogen and oxygen atoms in total. The van der Waals surface area contributed by atoms with Crippen molar-refractivity contribution in [3.8, 4) is 5.75 Å². The Bertz CT molecular complexity index is 535. The Hall–Kier alpha value is -2.04. The van der Waals surface area contributed by atoms with E-state index in [4.69, 9.17) is 9.84 Å². The second kappa shape index (κ2) is 6.61. The fourth-order valence-corrected chi connectivity index (χ4v) is 2.87. The monoisotopic (exact) mass is 291 g/mol. The zero-order chi connectivity index (χ0) is 15.4. The summed E-state index contributed by atoms with van der Waals surface area (Å²) in [5.74, 6) is -0.759. The zero-order valence-electron chi connectivity index (χ0n) is 12.5. The van der Waals surface area contributed by atoms with Gasteiger partial charge in [0.25, 0.3) is 5.91 Å². The van der Waals surface area contributed by atoms with Gasteiger partial charge in [0, 0.05) is 6.04 Å². The van der Waals surface area contributed by atoms with E-state index < -0.39 is 5.97 Å². The molecule has 0 unspecified atom stereocenters. The van der Waals surface area contributed by atoms with Crippen LogP contribution in [-0.2, 0) is 4.79 Å². The molecule has 1 aliphatic rings. The van der Waals surface area contributed by atoms with Gasteiger partial charge in [-0.3, -0.25) is 9.59 Å². The summed E-state index contributed by atoms with van der Waals surface area (Å²) in [7, 11) is 1.51. The van der Waals surface area contributed by atoms with Crippen LogP contribution in [0.4, 0.5) is 0 Å². The Balaban J connectivity index is 2.32. The minimum Gasteiger partial charge on any atom is -0.496 e. The predicted octanol–water partition coefficient (Wildman–Crippen LogP) is 2.47. The smallest absolute Gasteiger partial charge is 0.323 e. The van der Waals surface area contributed by atoms with Gasteiger partial charge < -0.3 is 14.7 Å². The van der Waals surface area contributed by atoms with Crippen LogP contribution < -0.4 is 4.74 Å². The van der Waals surface area contributed by atoms with Crippen LogP contribution in [0.2, 0.25) is 0 Å². The average molecular weight is 291 g/mol. The summed E-state index contributed by atoms with van der Waals surface area (Å²) in [6.07, 6.45) is 3.82. The summed E-state index contributed by atoms with van der Waals surface area (Å²) in [6.45, 7) is 1.63. The number of carboxylic acid groups (broad SMARTS) is 1. The molecule has 1 aromatic rings. The van der Waals surface area contributed by atoms with E-state index in [1.165, 1.54) is 12.0 Å². The van der Waals surface area contributed by atoms with E-state index in [0.717, 1.165) is 31.2 Å². The number of carbonyl (C=O) groups excluding carboxylic acids is 1. The van der Waals surface area contributed by atoms with Crippen molar-refractivity contribution < 1.29 is 19.4 Å². The lowest BCUT2D eigenvalue weighted by atomic mass is 10.1. The van der Waals surface area contributed by atoms with E-state index in [9.17, 15) is 9.59 Å². The third-order valence-electron chi connectivity index (χ3n) is 3.92. The van der Waals surface area contributed by atoms with Gasteiger partial charge in [0.1, 0.15) is 12.3 Å². The summed E-state index contributed by atoms with van der Waals surface area (Å²) in [6, 6.07) is 5.38. The molecule has 1 amide bonds. The first-order chi connectivity index (χ1) is 10.0. The molecular weight excluding hydrogens is 270 g/mol. The van der Waals surface area contributed by atoms with Crippen molar-refractivity contribution in [1.29, 1.82) is 0 Å². The standard InChI is InChI=1S/C16H21NO4/c1-11-7-8-14(21-2)13(9-11)16(20)17(10-15(18)19)12-5-3-4-6-12/h7-9,12H,3-6,10H2,1-2H3,(H,18,19). The highest BCUT2D eigenvalue weighted by Crippen LogP contribution is 2.28. The third kappa shape index (κ3) is 3.54. The van der Waals surface area contributed by atoms with E-state index in [2.05, 4.69) is 0 Å². The topological polar surface area (TPSA) is 66.8 Å². The summed E-state index contributed by atoms with van der Waals surface area (Å²) < 4.78 is 5.24. The van der Waals surface area contributed by atoms with Crippen LogP contribution in [0.1, 0.15) is 41.6 Å². The fourth-order valence-electron chi connectivity index (χ4n) is 2.87. The minimum atomic E-state index is -0.984. The first-order valence-corrected chi connectivity index (χ1v) is 7.20. The van der Waals surface area contributed by atoms with Crippen molar-refractivity contribution in [1.82, 2.24) is 4.90 Å². The number of methoxy groups -OCH3 is 1. The van der Waals surface area contributed by atoms with Crippen molar-refractivity contribution in [3.05, 3.63) is 29.3 Å². The van der Waals surface area contributed by atoms with Gasteiger partial charge in [0.05, 0.1) is 12.7 Å². The van der Waals surface area contributed by atoms with Crippen LogP contribution >= 0.6 is 0 Å². The van der Waals surface area contributed by atoms with E-state index in [1.54, 1.807) is 12.1 Å². The molecule has 1 aliphatic carbocycles. The largest absolute Gasteiger partial charge is 0.496 e. The summed E-state index contributed by atoms with van der Waals surface area (Å²) in [4.78, 5) is 25.4. The number of amides is 1. The second-order valence-electron chi connectivity index (χ2n) is 5.47. The Labute approximate surface area is 124 Å². The third-order valence-corrected chi connectivity index (χ3v) is 3.92. The van der Waals surface area contributed by atoms with E-state index in [1.807, 2.05) is 13.0 Å². The van der Waals surface area contributed by atoms with Gasteiger partial charge in [-0.05, 0) is 31.9 Å². The first kappa shape index (κ1) is 15.4. The van der Waals surface area contributed by atoms with Crippen molar-refractivity contribution in [2.24, 2.45) is 0 Å². The SMILES string of the molecule is COc1ccc(C)cc1C(=O)N(CC(=O)O)C1CCCC1. The number of hydrogen-bond donors (Lipinski definition) is 1. The molecule has 2 rings (SSSR count). The van der Waals surface area contributed by atoms with Gasteiger partial charge in [-0.1, -0.05) is 24.5 Å². The Morgan fingerprint density at radius 3 is 2.57 bits per heavy atom. The predicted molar refractivity (Wildman–Crippen MR) is 78.7 cm³/mol. The highest BCUT2D eigenvalue weighted by Gasteiger charge is 2.30. The number of ether oxygens (including phenoxy) is 1. The molecule has 0 bridgehead atoms. The van der Waals surface area contributed by atoms with E-state index in [-0.39, 0.29) is 18.5 Å². The number of carboxylic acids is 1. The molecule has 114 valence electrons. The molecule has 1 fully saturated rings. The number of rotatable bonds is 5. The normalized spacial score (nSPS) is 15.0. The van der Waals surface area contributed by atoms with Gasteiger partial charge in [0.15, 0.2) is 0 Å².